The molecule has 0 aromatic carbocycles. The minimum atomic E-state index is 0.308. The Kier molecular flexibility index (Phi) is 2.39. The van der Waals surface area contributed by atoms with E-state index in [1.807, 2.05) is 0 Å². The molecule has 0 spiro atoms. The molecule has 1 nitrogen and oxygen atoms in total. The van der Waals surface area contributed by atoms with Gasteiger partial charge in [0.05, 0.1) is 0 Å². The van der Waals surface area contributed by atoms with Crippen molar-refractivity contribution in [2.45, 2.75) is 64.5 Å². The predicted molar refractivity (Wildman–Crippen MR) is 56.7 cm³/mol. The van der Waals surface area contributed by atoms with E-state index in [-0.39, 0.29) is 0 Å². The molecule has 3 fully saturated rings. The maximum Gasteiger partial charge on any atom is 0.0103 e. The van der Waals surface area contributed by atoms with Crippen molar-refractivity contribution in [3.05, 3.63) is 0 Å². The number of rotatable bonds is 1. The van der Waals surface area contributed by atoms with Gasteiger partial charge in [-0.15, -0.1) is 0 Å². The first kappa shape index (κ1) is 9.51. The average molecular weight is 181 g/mol. The molecule has 3 rings (SSSR count). The van der Waals surface area contributed by atoms with E-state index in [4.69, 9.17) is 0 Å². The Bertz CT molecular complexity index is 172. The lowest BCUT2D eigenvalue weighted by atomic mass is 9.67. The van der Waals surface area contributed by atoms with Crippen LogP contribution in [0, 0.1) is 11.8 Å². The summed E-state index contributed by atoms with van der Waals surface area (Å²) in [6.45, 7) is 6.86. The van der Waals surface area contributed by atoms with Gasteiger partial charge in [0.1, 0.15) is 0 Å². The van der Waals surface area contributed by atoms with Crippen molar-refractivity contribution in [2.24, 2.45) is 11.8 Å². The molecule has 1 N–H and O–H groups in total. The maximum absolute atomic E-state index is 3.79. The van der Waals surface area contributed by atoms with Crippen molar-refractivity contribution in [1.82, 2.24) is 5.32 Å². The van der Waals surface area contributed by atoms with Crippen LogP contribution in [0.25, 0.3) is 0 Å². The SMILES string of the molecule is CC(C)(C)NC1CC2CCC1CC2. The number of hydrogen-bond acceptors (Lipinski definition) is 1. The van der Waals surface area contributed by atoms with Gasteiger partial charge in [0, 0.05) is 11.6 Å². The highest BCUT2D eigenvalue weighted by Crippen LogP contribution is 2.41. The van der Waals surface area contributed by atoms with E-state index < -0.39 is 0 Å². The highest BCUT2D eigenvalue weighted by molar-refractivity contribution is 4.93. The zero-order valence-electron chi connectivity index (χ0n) is 9.27. The highest BCUT2D eigenvalue weighted by atomic mass is 15.0. The van der Waals surface area contributed by atoms with Crippen molar-refractivity contribution in [1.29, 1.82) is 0 Å². The summed E-state index contributed by atoms with van der Waals surface area (Å²) in [5.41, 5.74) is 0.308. The molecule has 0 saturated heterocycles. The van der Waals surface area contributed by atoms with Crippen molar-refractivity contribution < 1.29 is 0 Å². The van der Waals surface area contributed by atoms with Crippen LogP contribution in [0.1, 0.15) is 52.9 Å². The third-order valence-electron chi connectivity index (χ3n) is 3.67. The minimum absolute atomic E-state index is 0.308. The predicted octanol–water partition coefficient (Wildman–Crippen LogP) is 2.95. The van der Waals surface area contributed by atoms with Crippen LogP contribution >= 0.6 is 0 Å². The summed E-state index contributed by atoms with van der Waals surface area (Å²) < 4.78 is 0. The summed E-state index contributed by atoms with van der Waals surface area (Å²) >= 11 is 0. The van der Waals surface area contributed by atoms with Crippen LogP contribution in [-0.2, 0) is 0 Å². The summed E-state index contributed by atoms with van der Waals surface area (Å²) in [5.74, 6) is 2.04. The Labute approximate surface area is 82.3 Å². The molecule has 0 amide bonds. The molecule has 3 aliphatic rings. The van der Waals surface area contributed by atoms with Crippen LogP contribution in [0.3, 0.4) is 0 Å². The standard InChI is InChI=1S/C12H23N/c1-12(2,3)13-11-8-9-4-6-10(11)7-5-9/h9-11,13H,4-8H2,1-3H3. The second kappa shape index (κ2) is 3.27. The molecule has 3 aliphatic carbocycles. The fourth-order valence-corrected chi connectivity index (χ4v) is 3.11. The molecule has 1 heteroatoms. The molecule has 2 bridgehead atoms. The lowest BCUT2D eigenvalue weighted by molar-refractivity contribution is 0.106. The second-order valence-corrected chi connectivity index (χ2v) is 6.02. The van der Waals surface area contributed by atoms with Crippen LogP contribution in [0.2, 0.25) is 0 Å². The van der Waals surface area contributed by atoms with E-state index in [9.17, 15) is 0 Å². The van der Waals surface area contributed by atoms with Gasteiger partial charge in [-0.1, -0.05) is 12.8 Å². The lowest BCUT2D eigenvalue weighted by Gasteiger charge is -2.45. The molecule has 3 saturated carbocycles. The first-order valence-corrected chi connectivity index (χ1v) is 5.82. The van der Waals surface area contributed by atoms with E-state index in [1.165, 1.54) is 32.1 Å². The van der Waals surface area contributed by atoms with Crippen molar-refractivity contribution >= 4 is 0 Å². The fraction of sp³-hybridized carbons (Fsp3) is 1.00. The lowest BCUT2D eigenvalue weighted by Crippen LogP contribution is -2.51. The van der Waals surface area contributed by atoms with Gasteiger partial charge in [0.15, 0.2) is 0 Å². The van der Waals surface area contributed by atoms with Gasteiger partial charge in [-0.2, -0.15) is 0 Å². The van der Waals surface area contributed by atoms with E-state index in [0.717, 1.165) is 17.9 Å². The molecule has 76 valence electrons. The normalized spacial score (nSPS) is 39.5. The Balaban J connectivity index is 1.94. The molecule has 0 heterocycles. The Morgan fingerprint density at radius 2 is 1.62 bits per heavy atom. The van der Waals surface area contributed by atoms with E-state index in [1.54, 1.807) is 0 Å². The van der Waals surface area contributed by atoms with Gasteiger partial charge < -0.3 is 5.32 Å². The van der Waals surface area contributed by atoms with Gasteiger partial charge in [0.25, 0.3) is 0 Å². The quantitative estimate of drug-likeness (QED) is 0.656. The van der Waals surface area contributed by atoms with Gasteiger partial charge in [-0.25, -0.2) is 0 Å². The van der Waals surface area contributed by atoms with Gasteiger partial charge in [0.2, 0.25) is 0 Å². The van der Waals surface area contributed by atoms with E-state index >= 15 is 0 Å². The average Bonchev–Trinajstić information content (AvgIpc) is 2.03. The Morgan fingerprint density at radius 1 is 1.00 bits per heavy atom. The summed E-state index contributed by atoms with van der Waals surface area (Å²) in [4.78, 5) is 0. The largest absolute Gasteiger partial charge is 0.309 e. The molecular weight excluding hydrogens is 158 g/mol. The van der Waals surface area contributed by atoms with Gasteiger partial charge in [-0.05, 0) is 51.9 Å². The van der Waals surface area contributed by atoms with Crippen LogP contribution in [0.4, 0.5) is 0 Å². The van der Waals surface area contributed by atoms with Crippen LogP contribution in [0.15, 0.2) is 0 Å². The smallest absolute Gasteiger partial charge is 0.0103 e. The zero-order valence-corrected chi connectivity index (χ0v) is 9.27. The summed E-state index contributed by atoms with van der Waals surface area (Å²) in [6, 6.07) is 0.826. The number of fused-ring (bicyclic) bond motifs is 3. The Hall–Kier alpha value is -0.0400. The second-order valence-electron chi connectivity index (χ2n) is 6.02. The van der Waals surface area contributed by atoms with Crippen molar-refractivity contribution in [2.75, 3.05) is 0 Å². The summed E-state index contributed by atoms with van der Waals surface area (Å²) in [5, 5.41) is 3.79. The highest BCUT2D eigenvalue weighted by Gasteiger charge is 2.36. The molecule has 0 aromatic rings. The van der Waals surface area contributed by atoms with E-state index in [0.29, 0.717) is 5.54 Å². The fourth-order valence-electron chi connectivity index (χ4n) is 3.11. The van der Waals surface area contributed by atoms with Gasteiger partial charge in [-0.3, -0.25) is 0 Å². The van der Waals surface area contributed by atoms with E-state index in [2.05, 4.69) is 26.1 Å². The van der Waals surface area contributed by atoms with Crippen LogP contribution in [0.5, 0.6) is 0 Å². The first-order chi connectivity index (χ1) is 6.04. The minimum Gasteiger partial charge on any atom is -0.309 e. The van der Waals surface area contributed by atoms with Crippen molar-refractivity contribution in [3.63, 3.8) is 0 Å². The molecule has 1 atom stereocenters. The number of nitrogens with one attached hydrogen (secondary N) is 1. The summed E-state index contributed by atoms with van der Waals surface area (Å²) in [7, 11) is 0. The third kappa shape index (κ3) is 2.25. The zero-order chi connectivity index (χ0) is 9.47. The number of hydrogen-bond donors (Lipinski definition) is 1. The molecule has 13 heavy (non-hydrogen) atoms. The molecule has 0 aliphatic heterocycles. The first-order valence-electron chi connectivity index (χ1n) is 5.82. The van der Waals surface area contributed by atoms with Crippen LogP contribution in [-0.4, -0.2) is 11.6 Å². The molecule has 0 radical (unpaired) electrons. The Morgan fingerprint density at radius 3 is 2.00 bits per heavy atom. The summed E-state index contributed by atoms with van der Waals surface area (Å²) in [6.07, 6.45) is 7.43. The van der Waals surface area contributed by atoms with Gasteiger partial charge >= 0.3 is 0 Å². The van der Waals surface area contributed by atoms with Crippen molar-refractivity contribution in [3.8, 4) is 0 Å². The maximum atomic E-state index is 3.79. The third-order valence-corrected chi connectivity index (χ3v) is 3.67. The monoisotopic (exact) mass is 181 g/mol. The topological polar surface area (TPSA) is 12.0 Å². The molecule has 0 aromatic heterocycles. The molecule has 1 unspecified atom stereocenters. The van der Waals surface area contributed by atoms with Crippen LogP contribution < -0.4 is 5.32 Å². The molecular formula is C12H23N.